The SMILES string of the molecule is c1c(CNCc2nnc3n2CCCC3)sc2c1CCC2. The van der Waals surface area contributed by atoms with Crippen LogP contribution in [0.15, 0.2) is 6.07 Å². The molecular formula is C15H20N4S. The average Bonchev–Trinajstić information content (AvgIpc) is 3.13. The molecule has 2 aromatic rings. The molecule has 2 aromatic heterocycles. The van der Waals surface area contributed by atoms with Gasteiger partial charge in [-0.25, -0.2) is 0 Å². The minimum atomic E-state index is 0.829. The van der Waals surface area contributed by atoms with E-state index in [1.165, 1.54) is 42.8 Å². The molecule has 0 fully saturated rings. The van der Waals surface area contributed by atoms with E-state index in [4.69, 9.17) is 0 Å². The van der Waals surface area contributed by atoms with Gasteiger partial charge in [-0.3, -0.25) is 0 Å². The molecule has 106 valence electrons. The van der Waals surface area contributed by atoms with Crippen LogP contribution in [0, 0.1) is 0 Å². The van der Waals surface area contributed by atoms with E-state index in [-0.39, 0.29) is 0 Å². The Bertz CT molecular complexity index is 592. The molecule has 1 N–H and O–H groups in total. The molecule has 0 saturated carbocycles. The normalized spacial score (nSPS) is 17.2. The van der Waals surface area contributed by atoms with Crippen molar-refractivity contribution in [2.24, 2.45) is 0 Å². The summed E-state index contributed by atoms with van der Waals surface area (Å²) < 4.78 is 2.30. The fraction of sp³-hybridized carbons (Fsp3) is 0.600. The maximum atomic E-state index is 4.33. The molecule has 1 aliphatic heterocycles. The first-order valence-electron chi connectivity index (χ1n) is 7.62. The Balaban J connectivity index is 1.37. The monoisotopic (exact) mass is 288 g/mol. The first-order chi connectivity index (χ1) is 9.90. The topological polar surface area (TPSA) is 42.7 Å². The predicted molar refractivity (Wildman–Crippen MR) is 79.8 cm³/mol. The van der Waals surface area contributed by atoms with Crippen molar-refractivity contribution in [1.82, 2.24) is 20.1 Å². The van der Waals surface area contributed by atoms with Gasteiger partial charge in [0.05, 0.1) is 6.54 Å². The Morgan fingerprint density at radius 1 is 1.10 bits per heavy atom. The van der Waals surface area contributed by atoms with Crippen molar-refractivity contribution in [1.29, 1.82) is 0 Å². The molecule has 4 nitrogen and oxygen atoms in total. The molecule has 5 heteroatoms. The zero-order valence-corrected chi connectivity index (χ0v) is 12.5. The second-order valence-electron chi connectivity index (χ2n) is 5.76. The molecule has 20 heavy (non-hydrogen) atoms. The largest absolute Gasteiger partial charge is 0.314 e. The lowest BCUT2D eigenvalue weighted by molar-refractivity contribution is 0.497. The Morgan fingerprint density at radius 3 is 3.05 bits per heavy atom. The maximum Gasteiger partial charge on any atom is 0.147 e. The van der Waals surface area contributed by atoms with E-state index < -0.39 is 0 Å². The number of fused-ring (bicyclic) bond motifs is 2. The van der Waals surface area contributed by atoms with E-state index in [2.05, 4.69) is 26.1 Å². The Labute approximate surface area is 123 Å². The van der Waals surface area contributed by atoms with Crippen molar-refractivity contribution < 1.29 is 0 Å². The van der Waals surface area contributed by atoms with Gasteiger partial charge in [-0.1, -0.05) is 0 Å². The van der Waals surface area contributed by atoms with Crippen LogP contribution in [0.1, 0.15) is 46.2 Å². The number of aryl methyl sites for hydroxylation is 3. The van der Waals surface area contributed by atoms with Crippen LogP contribution >= 0.6 is 11.3 Å². The predicted octanol–water partition coefficient (Wildman–Crippen LogP) is 2.45. The number of thiophene rings is 1. The molecular weight excluding hydrogens is 268 g/mol. The van der Waals surface area contributed by atoms with Crippen LogP contribution in [0.3, 0.4) is 0 Å². The first-order valence-corrected chi connectivity index (χ1v) is 8.44. The number of nitrogens with one attached hydrogen (secondary N) is 1. The highest BCUT2D eigenvalue weighted by atomic mass is 32.1. The van der Waals surface area contributed by atoms with Crippen molar-refractivity contribution in [3.63, 3.8) is 0 Å². The van der Waals surface area contributed by atoms with Crippen molar-refractivity contribution in [3.05, 3.63) is 33.0 Å². The summed E-state index contributed by atoms with van der Waals surface area (Å²) in [5.41, 5.74) is 1.59. The highest BCUT2D eigenvalue weighted by Crippen LogP contribution is 2.30. The third-order valence-electron chi connectivity index (χ3n) is 4.32. The summed E-state index contributed by atoms with van der Waals surface area (Å²) in [7, 11) is 0. The van der Waals surface area contributed by atoms with Crippen LogP contribution in [-0.2, 0) is 38.9 Å². The summed E-state index contributed by atoms with van der Waals surface area (Å²) in [6.45, 7) is 2.88. The smallest absolute Gasteiger partial charge is 0.147 e. The molecule has 0 saturated heterocycles. The van der Waals surface area contributed by atoms with E-state index in [0.29, 0.717) is 0 Å². The Morgan fingerprint density at radius 2 is 2.10 bits per heavy atom. The Hall–Kier alpha value is -1.20. The van der Waals surface area contributed by atoms with Gasteiger partial charge in [-0.15, -0.1) is 21.5 Å². The molecule has 1 aliphatic carbocycles. The van der Waals surface area contributed by atoms with Crippen LogP contribution in [0.2, 0.25) is 0 Å². The summed E-state index contributed by atoms with van der Waals surface area (Å²) in [5.74, 6) is 2.27. The maximum absolute atomic E-state index is 4.33. The van der Waals surface area contributed by atoms with Crippen molar-refractivity contribution in [2.45, 2.75) is 58.2 Å². The van der Waals surface area contributed by atoms with Gasteiger partial charge in [-0.2, -0.15) is 0 Å². The molecule has 0 unspecified atom stereocenters. The summed E-state index contributed by atoms with van der Waals surface area (Å²) in [6, 6.07) is 2.39. The minimum Gasteiger partial charge on any atom is -0.314 e. The molecule has 3 heterocycles. The van der Waals surface area contributed by atoms with E-state index in [9.17, 15) is 0 Å². The third kappa shape index (κ3) is 2.29. The molecule has 0 amide bonds. The van der Waals surface area contributed by atoms with E-state index >= 15 is 0 Å². The zero-order valence-electron chi connectivity index (χ0n) is 11.7. The van der Waals surface area contributed by atoms with E-state index in [0.717, 1.165) is 31.9 Å². The first kappa shape index (κ1) is 12.5. The zero-order chi connectivity index (χ0) is 13.4. The van der Waals surface area contributed by atoms with Gasteiger partial charge in [-0.05, 0) is 43.7 Å². The fourth-order valence-corrected chi connectivity index (χ4v) is 4.50. The number of hydrogen-bond donors (Lipinski definition) is 1. The van der Waals surface area contributed by atoms with Crippen LogP contribution in [0.4, 0.5) is 0 Å². The summed E-state index contributed by atoms with van der Waals surface area (Å²) in [5, 5.41) is 12.2. The second-order valence-corrected chi connectivity index (χ2v) is 6.98. The van der Waals surface area contributed by atoms with Crippen LogP contribution in [0.25, 0.3) is 0 Å². The highest BCUT2D eigenvalue weighted by Gasteiger charge is 2.16. The Kier molecular flexibility index (Phi) is 3.32. The van der Waals surface area contributed by atoms with Gasteiger partial charge in [0.25, 0.3) is 0 Å². The highest BCUT2D eigenvalue weighted by molar-refractivity contribution is 7.12. The summed E-state index contributed by atoms with van der Waals surface area (Å²) in [6.07, 6.45) is 7.52. The van der Waals surface area contributed by atoms with Crippen molar-refractivity contribution in [3.8, 4) is 0 Å². The molecule has 0 radical (unpaired) electrons. The van der Waals surface area contributed by atoms with Gasteiger partial charge in [0, 0.05) is 29.3 Å². The fourth-order valence-electron chi connectivity index (χ4n) is 3.27. The molecule has 4 rings (SSSR count). The van der Waals surface area contributed by atoms with Gasteiger partial charge in [0.1, 0.15) is 11.6 Å². The molecule has 0 bridgehead atoms. The lowest BCUT2D eigenvalue weighted by Gasteiger charge is -2.14. The second kappa shape index (κ2) is 5.30. The molecule has 0 spiro atoms. The average molecular weight is 288 g/mol. The number of aromatic nitrogens is 3. The summed E-state index contributed by atoms with van der Waals surface area (Å²) >= 11 is 1.98. The van der Waals surface area contributed by atoms with Gasteiger partial charge >= 0.3 is 0 Å². The number of rotatable bonds is 4. The van der Waals surface area contributed by atoms with Crippen LogP contribution in [-0.4, -0.2) is 14.8 Å². The number of nitrogens with zero attached hydrogens (tertiary/aromatic N) is 3. The van der Waals surface area contributed by atoms with Crippen molar-refractivity contribution in [2.75, 3.05) is 0 Å². The van der Waals surface area contributed by atoms with Gasteiger partial charge in [0.2, 0.25) is 0 Å². The summed E-state index contributed by atoms with van der Waals surface area (Å²) in [4.78, 5) is 3.08. The quantitative estimate of drug-likeness (QED) is 0.940. The van der Waals surface area contributed by atoms with Gasteiger partial charge in [0.15, 0.2) is 0 Å². The van der Waals surface area contributed by atoms with E-state index in [1.807, 2.05) is 11.3 Å². The van der Waals surface area contributed by atoms with Crippen LogP contribution < -0.4 is 5.32 Å². The lowest BCUT2D eigenvalue weighted by Crippen LogP contribution is -2.19. The van der Waals surface area contributed by atoms with Crippen LogP contribution in [0.5, 0.6) is 0 Å². The standard InChI is InChI=1S/C15H20N4S/c1-2-7-19-14(6-1)17-18-15(19)10-16-9-12-8-11-4-3-5-13(11)20-12/h8,16H,1-7,9-10H2. The van der Waals surface area contributed by atoms with Gasteiger partial charge < -0.3 is 9.88 Å². The minimum absolute atomic E-state index is 0.829. The molecule has 0 atom stereocenters. The van der Waals surface area contributed by atoms with Crippen molar-refractivity contribution >= 4 is 11.3 Å². The number of hydrogen-bond acceptors (Lipinski definition) is 4. The third-order valence-corrected chi connectivity index (χ3v) is 5.55. The molecule has 2 aliphatic rings. The van der Waals surface area contributed by atoms with E-state index in [1.54, 1.807) is 10.4 Å². The molecule has 0 aromatic carbocycles. The lowest BCUT2D eigenvalue weighted by atomic mass is 10.2.